The number of nitro benzene ring substituents is 1. The van der Waals surface area contributed by atoms with E-state index in [9.17, 15) is 20.0 Å². The number of aliphatic imine (C=N–C) groups is 1. The Morgan fingerprint density at radius 3 is 2.51 bits per heavy atom. The van der Waals surface area contributed by atoms with E-state index in [1.165, 1.54) is 19.2 Å². The Hall–Kier alpha value is -4.28. The van der Waals surface area contributed by atoms with Crippen LogP contribution < -0.4 is 9.47 Å². The van der Waals surface area contributed by atoms with Gasteiger partial charge in [0.05, 0.1) is 34.3 Å². The van der Waals surface area contributed by atoms with Crippen LogP contribution in [0.5, 0.6) is 11.5 Å². The first-order valence-electron chi connectivity index (χ1n) is 11.7. The molecule has 0 fully saturated rings. The van der Waals surface area contributed by atoms with E-state index >= 15 is 0 Å². The van der Waals surface area contributed by atoms with Crippen molar-refractivity contribution < 1.29 is 29.0 Å². The topological polar surface area (TPSA) is 120 Å². The molecule has 0 radical (unpaired) electrons. The van der Waals surface area contributed by atoms with Crippen molar-refractivity contribution in [2.45, 2.75) is 13.5 Å². The SMILES string of the molecule is CCOC(=O)C1=C(O)/C(=C/c2cc(Cl)c(OCc3ccc([N+](=O)[O-])cc3)c(OC)c2)SC1=Nc1ccccc1. The Bertz CT molecular complexity index is 1490. The number of aliphatic hydroxyl groups is 1. The summed E-state index contributed by atoms with van der Waals surface area (Å²) in [5.41, 5.74) is 1.88. The summed E-state index contributed by atoms with van der Waals surface area (Å²) >= 11 is 7.65. The molecule has 0 aromatic heterocycles. The highest BCUT2D eigenvalue weighted by atomic mass is 35.5. The van der Waals surface area contributed by atoms with Gasteiger partial charge in [-0.25, -0.2) is 9.79 Å². The van der Waals surface area contributed by atoms with Crippen molar-refractivity contribution in [1.82, 2.24) is 0 Å². The van der Waals surface area contributed by atoms with E-state index in [1.54, 1.807) is 49.4 Å². The van der Waals surface area contributed by atoms with Gasteiger partial charge in [-0.2, -0.15) is 0 Å². The number of rotatable bonds is 9. The molecule has 3 aromatic carbocycles. The summed E-state index contributed by atoms with van der Waals surface area (Å²) in [5.74, 6) is -0.295. The lowest BCUT2D eigenvalue weighted by Crippen LogP contribution is -2.12. The van der Waals surface area contributed by atoms with Crippen molar-refractivity contribution in [3.8, 4) is 11.5 Å². The molecule has 4 rings (SSSR count). The number of aliphatic hydroxyl groups excluding tert-OH is 1. The van der Waals surface area contributed by atoms with Crippen molar-refractivity contribution in [2.75, 3.05) is 13.7 Å². The van der Waals surface area contributed by atoms with Crippen molar-refractivity contribution in [1.29, 1.82) is 0 Å². The van der Waals surface area contributed by atoms with Gasteiger partial charge >= 0.3 is 5.97 Å². The van der Waals surface area contributed by atoms with Gasteiger partial charge in [0.25, 0.3) is 5.69 Å². The number of carbonyl (C=O) groups is 1. The molecule has 1 aliphatic rings. The normalized spacial score (nSPS) is 15.1. The summed E-state index contributed by atoms with van der Waals surface area (Å²) in [6.07, 6.45) is 1.65. The molecule has 1 aliphatic heterocycles. The number of carbonyl (C=O) groups excluding carboxylic acids is 1. The van der Waals surface area contributed by atoms with Gasteiger partial charge in [0.1, 0.15) is 23.0 Å². The first-order valence-corrected chi connectivity index (χ1v) is 12.9. The number of para-hydroxylation sites is 1. The summed E-state index contributed by atoms with van der Waals surface area (Å²) in [4.78, 5) is 27.9. The Kier molecular flexibility index (Phi) is 8.90. The zero-order valence-electron chi connectivity index (χ0n) is 20.9. The van der Waals surface area contributed by atoms with Crippen LogP contribution in [0.3, 0.4) is 0 Å². The predicted molar refractivity (Wildman–Crippen MR) is 151 cm³/mol. The molecule has 0 saturated carbocycles. The molecule has 9 nitrogen and oxygen atoms in total. The van der Waals surface area contributed by atoms with Gasteiger partial charge in [0.15, 0.2) is 11.5 Å². The second kappa shape index (κ2) is 12.5. The first-order chi connectivity index (χ1) is 18.8. The molecular weight excluding hydrogens is 544 g/mol. The van der Waals surface area contributed by atoms with Crippen molar-refractivity contribution >= 4 is 51.8 Å². The molecule has 0 amide bonds. The fraction of sp³-hybridized carbons (Fsp3) is 0.143. The Morgan fingerprint density at radius 1 is 1.15 bits per heavy atom. The Labute approximate surface area is 233 Å². The van der Waals surface area contributed by atoms with E-state index in [4.69, 9.17) is 25.8 Å². The lowest BCUT2D eigenvalue weighted by molar-refractivity contribution is -0.384. The highest BCUT2D eigenvalue weighted by molar-refractivity contribution is 8.18. The molecule has 3 aromatic rings. The molecule has 0 saturated heterocycles. The van der Waals surface area contributed by atoms with Gasteiger partial charge in [-0.05, 0) is 60.5 Å². The number of halogens is 1. The summed E-state index contributed by atoms with van der Waals surface area (Å²) in [7, 11) is 1.46. The molecule has 1 heterocycles. The summed E-state index contributed by atoms with van der Waals surface area (Å²) in [6, 6.07) is 18.4. The fourth-order valence-corrected chi connectivity index (χ4v) is 4.90. The predicted octanol–water partition coefficient (Wildman–Crippen LogP) is 7.03. The van der Waals surface area contributed by atoms with E-state index in [2.05, 4.69) is 4.99 Å². The van der Waals surface area contributed by atoms with E-state index in [0.29, 0.717) is 32.5 Å². The minimum atomic E-state index is -0.675. The lowest BCUT2D eigenvalue weighted by atomic mass is 10.1. The molecule has 1 N–H and O–H groups in total. The Balaban J connectivity index is 1.62. The number of benzene rings is 3. The number of hydrogen-bond acceptors (Lipinski definition) is 9. The second-order valence-electron chi connectivity index (χ2n) is 8.05. The number of ether oxygens (including phenoxy) is 3. The maximum Gasteiger partial charge on any atom is 0.344 e. The number of non-ortho nitro benzene ring substituents is 1. The van der Waals surface area contributed by atoms with Gasteiger partial charge in [0.2, 0.25) is 0 Å². The second-order valence-corrected chi connectivity index (χ2v) is 9.49. The third-order valence-corrected chi connectivity index (χ3v) is 6.74. The molecule has 39 heavy (non-hydrogen) atoms. The first kappa shape index (κ1) is 27.7. The van der Waals surface area contributed by atoms with Crippen LogP contribution in [0.25, 0.3) is 6.08 Å². The quantitative estimate of drug-likeness (QED) is 0.166. The van der Waals surface area contributed by atoms with Gasteiger partial charge in [-0.15, -0.1) is 0 Å². The van der Waals surface area contributed by atoms with Crippen LogP contribution in [0.15, 0.2) is 88.0 Å². The minimum absolute atomic E-state index is 0.0157. The standard InChI is InChI=1S/C28H23ClN2O7S/c1-3-37-28(33)24-25(32)23(39-27(24)30-19-7-5-4-6-8-19)15-18-13-21(29)26(22(14-18)36-2)38-16-17-9-11-20(12-10-17)31(34)35/h4-15,32H,3,16H2,1-2H3/b23-15-,30-27?. The number of esters is 1. The van der Waals surface area contributed by atoms with Crippen LogP contribution in [0.4, 0.5) is 11.4 Å². The average Bonchev–Trinajstić information content (AvgIpc) is 3.22. The van der Waals surface area contributed by atoms with Crippen LogP contribution in [0.2, 0.25) is 5.02 Å². The molecule has 200 valence electrons. The van der Waals surface area contributed by atoms with Crippen molar-refractivity contribution in [3.63, 3.8) is 0 Å². The maximum absolute atomic E-state index is 12.6. The molecule has 11 heteroatoms. The zero-order chi connectivity index (χ0) is 27.9. The van der Waals surface area contributed by atoms with Crippen LogP contribution in [0.1, 0.15) is 18.1 Å². The molecule has 0 aliphatic carbocycles. The van der Waals surface area contributed by atoms with Gasteiger partial charge < -0.3 is 19.3 Å². The summed E-state index contributed by atoms with van der Waals surface area (Å²) in [6.45, 7) is 1.93. The van der Waals surface area contributed by atoms with Crippen LogP contribution in [-0.4, -0.2) is 34.8 Å². The van der Waals surface area contributed by atoms with Gasteiger partial charge in [-0.1, -0.05) is 41.6 Å². The summed E-state index contributed by atoms with van der Waals surface area (Å²) in [5, 5.41) is 22.4. The van der Waals surface area contributed by atoms with Crippen LogP contribution in [-0.2, 0) is 16.1 Å². The summed E-state index contributed by atoms with van der Waals surface area (Å²) < 4.78 is 16.5. The minimum Gasteiger partial charge on any atom is -0.506 e. The van der Waals surface area contributed by atoms with E-state index < -0.39 is 10.9 Å². The van der Waals surface area contributed by atoms with Gasteiger partial charge in [0, 0.05) is 12.1 Å². The fourth-order valence-electron chi connectivity index (χ4n) is 3.60. The van der Waals surface area contributed by atoms with E-state index in [0.717, 1.165) is 11.8 Å². The van der Waals surface area contributed by atoms with E-state index in [1.807, 2.05) is 18.2 Å². The largest absolute Gasteiger partial charge is 0.506 e. The molecule has 0 bridgehead atoms. The number of nitro groups is 1. The maximum atomic E-state index is 12.6. The molecule has 0 spiro atoms. The number of hydrogen-bond donors (Lipinski definition) is 1. The third kappa shape index (κ3) is 6.60. The monoisotopic (exact) mass is 566 g/mol. The van der Waals surface area contributed by atoms with Crippen LogP contribution in [0, 0.1) is 10.1 Å². The third-order valence-electron chi connectivity index (χ3n) is 5.44. The number of thioether (sulfide) groups is 1. The van der Waals surface area contributed by atoms with E-state index in [-0.39, 0.29) is 41.0 Å². The number of methoxy groups -OCH3 is 1. The van der Waals surface area contributed by atoms with Crippen molar-refractivity contribution in [2.24, 2.45) is 4.99 Å². The number of nitrogens with zero attached hydrogens (tertiary/aromatic N) is 2. The lowest BCUT2D eigenvalue weighted by Gasteiger charge is -2.13. The zero-order valence-corrected chi connectivity index (χ0v) is 22.5. The van der Waals surface area contributed by atoms with Gasteiger partial charge in [-0.3, -0.25) is 10.1 Å². The van der Waals surface area contributed by atoms with Crippen LogP contribution >= 0.6 is 23.4 Å². The smallest absolute Gasteiger partial charge is 0.344 e. The average molecular weight is 567 g/mol. The highest BCUT2D eigenvalue weighted by Gasteiger charge is 2.33. The highest BCUT2D eigenvalue weighted by Crippen LogP contribution is 2.42. The Morgan fingerprint density at radius 2 is 1.87 bits per heavy atom. The molecule has 0 atom stereocenters. The molecule has 0 unspecified atom stereocenters. The van der Waals surface area contributed by atoms with Crippen molar-refractivity contribution in [3.05, 3.63) is 109 Å². The molecular formula is C28H23ClN2O7S.